The summed E-state index contributed by atoms with van der Waals surface area (Å²) in [5.41, 5.74) is 1.36. The molecule has 1 aliphatic rings. The molecule has 16 heavy (non-hydrogen) atoms. The fourth-order valence-electron chi connectivity index (χ4n) is 2.76. The van der Waals surface area contributed by atoms with E-state index < -0.39 is 0 Å². The van der Waals surface area contributed by atoms with Crippen LogP contribution in [-0.4, -0.2) is 6.61 Å². The number of benzene rings is 1. The van der Waals surface area contributed by atoms with Crippen molar-refractivity contribution in [2.45, 2.75) is 45.1 Å². The fraction of sp³-hybridized carbons (Fsp3) is 0.600. The van der Waals surface area contributed by atoms with Crippen LogP contribution < -0.4 is 0 Å². The van der Waals surface area contributed by atoms with Gasteiger partial charge in [-0.25, -0.2) is 0 Å². The Labute approximate surface area is 98.8 Å². The summed E-state index contributed by atoms with van der Waals surface area (Å²) in [6.07, 6.45) is 7.15. The van der Waals surface area contributed by atoms with Crippen LogP contribution in [0.3, 0.4) is 0 Å². The summed E-state index contributed by atoms with van der Waals surface area (Å²) in [5.74, 6) is 0.732. The highest BCUT2D eigenvalue weighted by Gasteiger charge is 2.25. The average molecular weight is 218 g/mol. The van der Waals surface area contributed by atoms with E-state index in [2.05, 4.69) is 37.3 Å². The van der Waals surface area contributed by atoms with Crippen molar-refractivity contribution in [1.82, 2.24) is 0 Å². The van der Waals surface area contributed by atoms with Crippen molar-refractivity contribution in [3.63, 3.8) is 0 Å². The molecule has 0 heterocycles. The first kappa shape index (κ1) is 11.7. The van der Waals surface area contributed by atoms with Crippen LogP contribution in [-0.2, 0) is 4.74 Å². The molecule has 1 saturated carbocycles. The van der Waals surface area contributed by atoms with Gasteiger partial charge in [-0.15, -0.1) is 0 Å². The summed E-state index contributed by atoms with van der Waals surface area (Å²) in [6.45, 7) is 2.91. The molecule has 1 unspecified atom stereocenters. The van der Waals surface area contributed by atoms with E-state index in [1.165, 1.54) is 37.7 Å². The molecule has 2 rings (SSSR count). The van der Waals surface area contributed by atoms with Gasteiger partial charge in [0, 0.05) is 6.61 Å². The molecule has 1 aliphatic carbocycles. The molecule has 0 N–H and O–H groups in total. The fourth-order valence-corrected chi connectivity index (χ4v) is 2.76. The van der Waals surface area contributed by atoms with Crippen LogP contribution in [0.25, 0.3) is 0 Å². The van der Waals surface area contributed by atoms with Crippen LogP contribution in [0.15, 0.2) is 30.3 Å². The van der Waals surface area contributed by atoms with Crippen LogP contribution in [0.4, 0.5) is 0 Å². The number of rotatable bonds is 4. The largest absolute Gasteiger partial charge is 0.374 e. The zero-order valence-corrected chi connectivity index (χ0v) is 10.2. The van der Waals surface area contributed by atoms with Gasteiger partial charge >= 0.3 is 0 Å². The van der Waals surface area contributed by atoms with E-state index in [1.807, 2.05) is 0 Å². The smallest absolute Gasteiger partial charge is 0.0852 e. The van der Waals surface area contributed by atoms with Crippen molar-refractivity contribution in [2.75, 3.05) is 6.61 Å². The lowest BCUT2D eigenvalue weighted by molar-refractivity contribution is 0.00564. The number of hydrogen-bond donors (Lipinski definition) is 0. The Bertz CT molecular complexity index is 288. The minimum Gasteiger partial charge on any atom is -0.374 e. The Balaban J connectivity index is 2.09. The van der Waals surface area contributed by atoms with Crippen molar-refractivity contribution < 1.29 is 4.74 Å². The van der Waals surface area contributed by atoms with Gasteiger partial charge < -0.3 is 4.74 Å². The van der Waals surface area contributed by atoms with E-state index in [9.17, 15) is 0 Å². The van der Waals surface area contributed by atoms with Crippen molar-refractivity contribution in [1.29, 1.82) is 0 Å². The highest BCUT2D eigenvalue weighted by molar-refractivity contribution is 5.18. The maximum absolute atomic E-state index is 5.97. The molecule has 1 heteroatoms. The van der Waals surface area contributed by atoms with Crippen LogP contribution in [0.5, 0.6) is 0 Å². The van der Waals surface area contributed by atoms with Gasteiger partial charge in [0.05, 0.1) is 6.10 Å². The maximum Gasteiger partial charge on any atom is 0.0852 e. The van der Waals surface area contributed by atoms with Crippen LogP contribution in [0, 0.1) is 5.92 Å². The zero-order chi connectivity index (χ0) is 11.2. The van der Waals surface area contributed by atoms with E-state index in [-0.39, 0.29) is 0 Å². The van der Waals surface area contributed by atoms with Crippen LogP contribution in [0.2, 0.25) is 0 Å². The van der Waals surface area contributed by atoms with Crippen molar-refractivity contribution in [3.8, 4) is 0 Å². The van der Waals surface area contributed by atoms with E-state index in [0.29, 0.717) is 6.10 Å². The monoisotopic (exact) mass is 218 g/mol. The molecule has 1 aromatic rings. The topological polar surface area (TPSA) is 9.23 Å². The summed E-state index contributed by atoms with van der Waals surface area (Å²) in [5, 5.41) is 0. The first-order valence-corrected chi connectivity index (χ1v) is 6.58. The molecule has 88 valence electrons. The third-order valence-electron chi connectivity index (χ3n) is 3.55. The SMILES string of the molecule is CCOC(c1ccccc1)C1CCCCC1. The molecule has 1 aromatic carbocycles. The molecule has 0 spiro atoms. The first-order valence-electron chi connectivity index (χ1n) is 6.58. The molecule has 0 bridgehead atoms. The maximum atomic E-state index is 5.97. The average Bonchev–Trinajstić information content (AvgIpc) is 2.38. The Morgan fingerprint density at radius 2 is 1.81 bits per heavy atom. The van der Waals surface area contributed by atoms with Crippen LogP contribution in [0.1, 0.15) is 50.7 Å². The lowest BCUT2D eigenvalue weighted by Gasteiger charge is -2.30. The van der Waals surface area contributed by atoms with E-state index >= 15 is 0 Å². The Morgan fingerprint density at radius 1 is 1.12 bits per heavy atom. The van der Waals surface area contributed by atoms with Gasteiger partial charge in [0.25, 0.3) is 0 Å². The highest BCUT2D eigenvalue weighted by atomic mass is 16.5. The van der Waals surface area contributed by atoms with Crippen molar-refractivity contribution >= 4 is 0 Å². The quantitative estimate of drug-likeness (QED) is 0.730. The number of hydrogen-bond acceptors (Lipinski definition) is 1. The van der Waals surface area contributed by atoms with Gasteiger partial charge in [0.15, 0.2) is 0 Å². The Hall–Kier alpha value is -0.820. The molecule has 0 saturated heterocycles. The molecule has 0 aliphatic heterocycles. The van der Waals surface area contributed by atoms with E-state index in [4.69, 9.17) is 4.74 Å². The van der Waals surface area contributed by atoms with Crippen molar-refractivity contribution in [3.05, 3.63) is 35.9 Å². The molecule has 1 nitrogen and oxygen atoms in total. The van der Waals surface area contributed by atoms with Gasteiger partial charge in [-0.3, -0.25) is 0 Å². The second-order valence-corrected chi connectivity index (χ2v) is 4.68. The molecule has 1 fully saturated rings. The van der Waals surface area contributed by atoms with Gasteiger partial charge in [-0.05, 0) is 31.2 Å². The predicted molar refractivity (Wildman–Crippen MR) is 67.4 cm³/mol. The van der Waals surface area contributed by atoms with Gasteiger partial charge in [-0.1, -0.05) is 49.6 Å². The minimum absolute atomic E-state index is 0.325. The highest BCUT2D eigenvalue weighted by Crippen LogP contribution is 2.36. The molecule has 0 radical (unpaired) electrons. The van der Waals surface area contributed by atoms with E-state index in [0.717, 1.165) is 12.5 Å². The molecular weight excluding hydrogens is 196 g/mol. The molecular formula is C15H22O. The molecule has 0 amide bonds. The zero-order valence-electron chi connectivity index (χ0n) is 10.2. The molecule has 1 atom stereocenters. The third kappa shape index (κ3) is 2.85. The first-order chi connectivity index (χ1) is 7.92. The Morgan fingerprint density at radius 3 is 2.44 bits per heavy atom. The second-order valence-electron chi connectivity index (χ2n) is 4.68. The van der Waals surface area contributed by atoms with Gasteiger partial charge in [0.1, 0.15) is 0 Å². The van der Waals surface area contributed by atoms with Gasteiger partial charge in [0.2, 0.25) is 0 Å². The summed E-state index contributed by atoms with van der Waals surface area (Å²) in [4.78, 5) is 0. The summed E-state index contributed by atoms with van der Waals surface area (Å²) >= 11 is 0. The summed E-state index contributed by atoms with van der Waals surface area (Å²) < 4.78 is 5.97. The summed E-state index contributed by atoms with van der Waals surface area (Å²) in [6, 6.07) is 10.7. The van der Waals surface area contributed by atoms with Crippen molar-refractivity contribution in [2.24, 2.45) is 5.92 Å². The second kappa shape index (κ2) is 6.05. The van der Waals surface area contributed by atoms with E-state index in [1.54, 1.807) is 0 Å². The summed E-state index contributed by atoms with van der Waals surface area (Å²) in [7, 11) is 0. The standard InChI is InChI=1S/C15H22O/c1-2-16-15(13-9-5-3-6-10-13)14-11-7-4-8-12-14/h3,5-6,9-10,14-15H,2,4,7-8,11-12H2,1H3. The predicted octanol–water partition coefficient (Wildman–Crippen LogP) is 4.34. The minimum atomic E-state index is 0.325. The normalized spacial score (nSPS) is 19.6. The van der Waals surface area contributed by atoms with Crippen LogP contribution >= 0.6 is 0 Å². The third-order valence-corrected chi connectivity index (χ3v) is 3.55. The lowest BCUT2D eigenvalue weighted by atomic mass is 9.82. The Kier molecular flexibility index (Phi) is 4.41. The van der Waals surface area contributed by atoms with Gasteiger partial charge in [-0.2, -0.15) is 0 Å². The molecule has 0 aromatic heterocycles. The lowest BCUT2D eigenvalue weighted by Crippen LogP contribution is -2.19. The number of ether oxygens (including phenoxy) is 1.